The Morgan fingerprint density at radius 3 is 2.42 bits per heavy atom. The van der Waals surface area contributed by atoms with Gasteiger partial charge >= 0.3 is 0 Å². The molecular weight excluding hydrogens is 300 g/mol. The van der Waals surface area contributed by atoms with Gasteiger partial charge in [0.15, 0.2) is 0 Å². The number of benzene rings is 1. The molecule has 0 atom stereocenters. The second kappa shape index (κ2) is 6.38. The smallest absolute Gasteiger partial charge is 0.0213 e. The van der Waals surface area contributed by atoms with Crippen LogP contribution < -0.4 is 5.32 Å². The largest absolute Gasteiger partial charge is 0.317 e. The molecule has 0 bridgehead atoms. The van der Waals surface area contributed by atoms with E-state index in [1.807, 2.05) is 0 Å². The lowest BCUT2D eigenvalue weighted by molar-refractivity contribution is 0.194. The molecule has 1 aromatic carbocycles. The van der Waals surface area contributed by atoms with Crippen LogP contribution in [0.4, 0.5) is 0 Å². The molecule has 0 heterocycles. The highest BCUT2D eigenvalue weighted by Crippen LogP contribution is 2.42. The van der Waals surface area contributed by atoms with Crippen LogP contribution in [0.1, 0.15) is 31.2 Å². The zero-order valence-electron chi connectivity index (χ0n) is 12.2. The van der Waals surface area contributed by atoms with Gasteiger partial charge in [-0.05, 0) is 58.5 Å². The maximum atomic E-state index is 3.76. The predicted molar refractivity (Wildman–Crippen MR) is 85.7 cm³/mol. The Morgan fingerprint density at radius 2 is 1.89 bits per heavy atom. The molecule has 0 aromatic heterocycles. The zero-order chi connectivity index (χ0) is 13.9. The summed E-state index contributed by atoms with van der Waals surface area (Å²) >= 11 is 3.76. The normalized spacial score (nSPS) is 27.7. The molecule has 0 amide bonds. The molecule has 1 N–H and O–H groups in total. The summed E-state index contributed by atoms with van der Waals surface area (Å²) in [5, 5.41) is 3.44. The fraction of sp³-hybridized carbons (Fsp3) is 0.625. The van der Waals surface area contributed by atoms with Gasteiger partial charge in [0.25, 0.3) is 0 Å². The Bertz CT molecular complexity index is 409. The van der Waals surface area contributed by atoms with Crippen molar-refractivity contribution in [1.82, 2.24) is 10.2 Å². The third kappa shape index (κ3) is 3.39. The van der Waals surface area contributed by atoms with Gasteiger partial charge in [0.2, 0.25) is 0 Å². The van der Waals surface area contributed by atoms with Crippen molar-refractivity contribution in [3.63, 3.8) is 0 Å². The van der Waals surface area contributed by atoms with Gasteiger partial charge in [0.1, 0.15) is 0 Å². The van der Waals surface area contributed by atoms with E-state index >= 15 is 0 Å². The summed E-state index contributed by atoms with van der Waals surface area (Å²) in [6.07, 6.45) is 5.07. The average Bonchev–Trinajstić information content (AvgIpc) is 2.39. The van der Waals surface area contributed by atoms with Crippen molar-refractivity contribution in [2.75, 3.05) is 27.7 Å². The SMILES string of the molecule is CNC1CCC(CN(C)C)(c2ccccc2Br)CC1. The molecule has 0 aliphatic heterocycles. The molecule has 1 fully saturated rings. The van der Waals surface area contributed by atoms with Crippen LogP contribution in [0.25, 0.3) is 0 Å². The van der Waals surface area contributed by atoms with Gasteiger partial charge in [0.05, 0.1) is 0 Å². The Labute approximate surface area is 125 Å². The molecule has 0 unspecified atom stereocenters. The molecule has 106 valence electrons. The van der Waals surface area contributed by atoms with Crippen LogP contribution >= 0.6 is 15.9 Å². The van der Waals surface area contributed by atoms with Crippen LogP contribution in [0.15, 0.2) is 28.7 Å². The first-order chi connectivity index (χ1) is 9.07. The van der Waals surface area contributed by atoms with Crippen molar-refractivity contribution in [3.05, 3.63) is 34.3 Å². The van der Waals surface area contributed by atoms with E-state index in [2.05, 4.69) is 71.6 Å². The zero-order valence-corrected chi connectivity index (χ0v) is 13.8. The maximum absolute atomic E-state index is 3.76. The summed E-state index contributed by atoms with van der Waals surface area (Å²) in [7, 11) is 6.45. The first-order valence-corrected chi connectivity index (χ1v) is 7.94. The van der Waals surface area contributed by atoms with Crippen LogP contribution in [-0.2, 0) is 5.41 Å². The van der Waals surface area contributed by atoms with Crippen molar-refractivity contribution in [2.24, 2.45) is 0 Å². The topological polar surface area (TPSA) is 15.3 Å². The standard InChI is InChI=1S/C16H25BrN2/c1-18-13-8-10-16(11-9-13,12-19(2)3)14-6-4-5-7-15(14)17/h4-7,13,18H,8-12H2,1-3H3. The average molecular weight is 325 g/mol. The third-order valence-electron chi connectivity index (χ3n) is 4.42. The van der Waals surface area contributed by atoms with Gasteiger partial charge in [-0.1, -0.05) is 34.1 Å². The lowest BCUT2D eigenvalue weighted by Gasteiger charge is -2.43. The van der Waals surface area contributed by atoms with E-state index in [-0.39, 0.29) is 0 Å². The van der Waals surface area contributed by atoms with Crippen LogP contribution in [-0.4, -0.2) is 38.6 Å². The molecular formula is C16H25BrN2. The van der Waals surface area contributed by atoms with E-state index in [0.717, 1.165) is 6.54 Å². The fourth-order valence-electron chi connectivity index (χ4n) is 3.47. The highest BCUT2D eigenvalue weighted by molar-refractivity contribution is 9.10. The molecule has 0 saturated heterocycles. The van der Waals surface area contributed by atoms with Gasteiger partial charge in [-0.15, -0.1) is 0 Å². The third-order valence-corrected chi connectivity index (χ3v) is 5.11. The van der Waals surface area contributed by atoms with Crippen molar-refractivity contribution >= 4 is 15.9 Å². The Hall–Kier alpha value is -0.380. The van der Waals surface area contributed by atoms with Crippen molar-refractivity contribution in [3.8, 4) is 0 Å². The predicted octanol–water partition coefficient (Wildman–Crippen LogP) is 3.41. The number of hydrogen-bond donors (Lipinski definition) is 1. The molecule has 0 spiro atoms. The van der Waals surface area contributed by atoms with E-state index in [0.29, 0.717) is 11.5 Å². The minimum atomic E-state index is 0.303. The van der Waals surface area contributed by atoms with E-state index in [1.165, 1.54) is 35.7 Å². The van der Waals surface area contributed by atoms with Gasteiger partial charge in [-0.25, -0.2) is 0 Å². The first kappa shape index (κ1) is 15.0. The number of halogens is 1. The van der Waals surface area contributed by atoms with Crippen LogP contribution in [0.2, 0.25) is 0 Å². The van der Waals surface area contributed by atoms with E-state index in [9.17, 15) is 0 Å². The highest BCUT2D eigenvalue weighted by Gasteiger charge is 2.37. The molecule has 1 aliphatic rings. The van der Waals surface area contributed by atoms with Crippen molar-refractivity contribution in [2.45, 2.75) is 37.1 Å². The van der Waals surface area contributed by atoms with Crippen LogP contribution in [0, 0.1) is 0 Å². The number of nitrogens with zero attached hydrogens (tertiary/aromatic N) is 1. The Morgan fingerprint density at radius 1 is 1.26 bits per heavy atom. The Kier molecular flexibility index (Phi) is 5.04. The van der Waals surface area contributed by atoms with E-state index in [1.54, 1.807) is 0 Å². The Balaban J connectivity index is 2.29. The quantitative estimate of drug-likeness (QED) is 0.913. The summed E-state index contributed by atoms with van der Waals surface area (Å²) in [5.41, 5.74) is 1.79. The molecule has 1 aliphatic carbocycles. The summed E-state index contributed by atoms with van der Waals surface area (Å²) in [4.78, 5) is 2.33. The van der Waals surface area contributed by atoms with Gasteiger partial charge in [0, 0.05) is 22.5 Å². The lowest BCUT2D eigenvalue weighted by Crippen LogP contribution is -2.44. The van der Waals surface area contributed by atoms with Gasteiger partial charge < -0.3 is 10.2 Å². The second-order valence-electron chi connectivity index (χ2n) is 6.06. The molecule has 0 radical (unpaired) electrons. The number of likely N-dealkylation sites (N-methyl/N-ethyl adjacent to an activating group) is 1. The minimum absolute atomic E-state index is 0.303. The van der Waals surface area contributed by atoms with Crippen LogP contribution in [0.5, 0.6) is 0 Å². The van der Waals surface area contributed by atoms with Gasteiger partial charge in [-0.2, -0.15) is 0 Å². The van der Waals surface area contributed by atoms with Crippen molar-refractivity contribution in [1.29, 1.82) is 0 Å². The lowest BCUT2D eigenvalue weighted by atomic mass is 9.68. The maximum Gasteiger partial charge on any atom is 0.0213 e. The molecule has 19 heavy (non-hydrogen) atoms. The number of nitrogens with one attached hydrogen (secondary N) is 1. The summed E-state index contributed by atoms with van der Waals surface area (Å²) in [5.74, 6) is 0. The van der Waals surface area contributed by atoms with Gasteiger partial charge in [-0.3, -0.25) is 0 Å². The summed E-state index contributed by atoms with van der Waals surface area (Å²) in [6, 6.07) is 9.44. The highest BCUT2D eigenvalue weighted by atomic mass is 79.9. The second-order valence-corrected chi connectivity index (χ2v) is 6.92. The molecule has 2 rings (SSSR count). The molecule has 3 heteroatoms. The van der Waals surface area contributed by atoms with E-state index < -0.39 is 0 Å². The number of rotatable bonds is 4. The monoisotopic (exact) mass is 324 g/mol. The summed E-state index contributed by atoms with van der Waals surface area (Å²) in [6.45, 7) is 1.13. The molecule has 2 nitrogen and oxygen atoms in total. The van der Waals surface area contributed by atoms with Crippen LogP contribution in [0.3, 0.4) is 0 Å². The summed E-state index contributed by atoms with van der Waals surface area (Å²) < 4.78 is 1.26. The van der Waals surface area contributed by atoms with Crippen molar-refractivity contribution < 1.29 is 0 Å². The molecule has 1 aromatic rings. The number of hydrogen-bond acceptors (Lipinski definition) is 2. The molecule has 1 saturated carbocycles. The first-order valence-electron chi connectivity index (χ1n) is 7.14. The van der Waals surface area contributed by atoms with E-state index in [4.69, 9.17) is 0 Å². The minimum Gasteiger partial charge on any atom is -0.317 e. The fourth-order valence-corrected chi connectivity index (χ4v) is 4.17.